The number of nitrogens with one attached hydrogen (secondary N) is 1. The molecule has 19 heavy (non-hydrogen) atoms. The van der Waals surface area contributed by atoms with E-state index in [2.05, 4.69) is 5.48 Å². The van der Waals surface area contributed by atoms with Crippen LogP contribution in [0.1, 0.15) is 24.9 Å². The lowest BCUT2D eigenvalue weighted by atomic mass is 10.1. The molecule has 0 spiro atoms. The number of amides is 1. The number of fused-ring (bicyclic) bond motifs is 1. The van der Waals surface area contributed by atoms with Crippen molar-refractivity contribution in [3.8, 4) is 11.5 Å². The van der Waals surface area contributed by atoms with Gasteiger partial charge in [0.1, 0.15) is 6.61 Å². The first-order valence-corrected chi connectivity index (χ1v) is 6.22. The van der Waals surface area contributed by atoms with Gasteiger partial charge >= 0.3 is 0 Å². The van der Waals surface area contributed by atoms with Crippen molar-refractivity contribution < 1.29 is 19.1 Å². The Kier molecular flexibility index (Phi) is 4.59. The fourth-order valence-electron chi connectivity index (χ4n) is 1.76. The fourth-order valence-corrected chi connectivity index (χ4v) is 1.76. The van der Waals surface area contributed by atoms with Gasteiger partial charge in [0.15, 0.2) is 11.5 Å². The van der Waals surface area contributed by atoms with Crippen LogP contribution in [0.4, 0.5) is 0 Å². The van der Waals surface area contributed by atoms with Gasteiger partial charge in [-0.3, -0.25) is 9.63 Å². The maximum absolute atomic E-state index is 10.6. The van der Waals surface area contributed by atoms with Crippen molar-refractivity contribution in [1.82, 2.24) is 5.48 Å². The quantitative estimate of drug-likeness (QED) is 0.774. The Morgan fingerprint density at radius 3 is 2.89 bits per heavy atom. The zero-order chi connectivity index (χ0) is 13.7. The smallest absolute Gasteiger partial charge is 0.245 e. The highest BCUT2D eigenvalue weighted by Crippen LogP contribution is 2.32. The molecule has 3 N–H and O–H groups in total. The highest BCUT2D eigenvalue weighted by Gasteiger charge is 2.13. The van der Waals surface area contributed by atoms with Gasteiger partial charge in [-0.05, 0) is 24.6 Å². The number of carbonyl (C=O) groups is 1. The number of nitrogens with two attached hydrogens (primary N) is 1. The van der Waals surface area contributed by atoms with Crippen LogP contribution >= 0.6 is 0 Å². The highest BCUT2D eigenvalue weighted by molar-refractivity contribution is 5.74. The molecule has 0 fully saturated rings. The summed E-state index contributed by atoms with van der Waals surface area (Å²) in [4.78, 5) is 15.6. The van der Waals surface area contributed by atoms with Crippen LogP contribution in [0.25, 0.3) is 0 Å². The van der Waals surface area contributed by atoms with Gasteiger partial charge in [0.2, 0.25) is 5.91 Å². The second kappa shape index (κ2) is 6.40. The zero-order valence-corrected chi connectivity index (χ0v) is 10.8. The molecular formula is C13H18N2O4. The van der Waals surface area contributed by atoms with E-state index in [1.165, 1.54) is 0 Å². The number of hydrogen-bond acceptors (Lipinski definition) is 5. The molecule has 1 atom stereocenters. The summed E-state index contributed by atoms with van der Waals surface area (Å²) in [6.45, 7) is 3.08. The van der Waals surface area contributed by atoms with Crippen molar-refractivity contribution in [2.24, 2.45) is 5.73 Å². The molecule has 1 heterocycles. The lowest BCUT2D eigenvalue weighted by Gasteiger charge is -2.15. The molecule has 1 unspecified atom stereocenters. The normalized spacial score (nSPS) is 15.6. The van der Waals surface area contributed by atoms with Gasteiger partial charge in [-0.15, -0.1) is 0 Å². The van der Waals surface area contributed by atoms with Crippen LogP contribution in [0.2, 0.25) is 0 Å². The maximum atomic E-state index is 10.6. The second-order valence-electron chi connectivity index (χ2n) is 4.35. The van der Waals surface area contributed by atoms with E-state index in [-0.39, 0.29) is 12.6 Å². The van der Waals surface area contributed by atoms with Crippen molar-refractivity contribution in [2.45, 2.75) is 19.4 Å². The summed E-state index contributed by atoms with van der Waals surface area (Å²) in [7, 11) is 0. The molecule has 0 saturated heterocycles. The van der Waals surface area contributed by atoms with E-state index in [9.17, 15) is 4.79 Å². The van der Waals surface area contributed by atoms with E-state index >= 15 is 0 Å². The van der Waals surface area contributed by atoms with Crippen molar-refractivity contribution in [1.29, 1.82) is 0 Å². The van der Waals surface area contributed by atoms with E-state index in [1.54, 1.807) is 0 Å². The molecule has 6 nitrogen and oxygen atoms in total. The van der Waals surface area contributed by atoms with Crippen LogP contribution in [0.5, 0.6) is 11.5 Å². The van der Waals surface area contributed by atoms with E-state index in [0.29, 0.717) is 13.2 Å². The van der Waals surface area contributed by atoms with Gasteiger partial charge in [0, 0.05) is 6.42 Å². The Morgan fingerprint density at radius 1 is 1.42 bits per heavy atom. The highest BCUT2D eigenvalue weighted by atomic mass is 16.6. The summed E-state index contributed by atoms with van der Waals surface area (Å²) < 4.78 is 11.2. The largest absolute Gasteiger partial charge is 0.490 e. The van der Waals surface area contributed by atoms with Crippen molar-refractivity contribution in [3.63, 3.8) is 0 Å². The van der Waals surface area contributed by atoms with Crippen LogP contribution in [0, 0.1) is 0 Å². The third-order valence-corrected chi connectivity index (χ3v) is 2.75. The molecule has 0 aliphatic carbocycles. The molecule has 1 aliphatic heterocycles. The molecular weight excluding hydrogens is 248 g/mol. The molecule has 1 aromatic rings. The van der Waals surface area contributed by atoms with Crippen LogP contribution < -0.4 is 20.7 Å². The molecule has 0 bridgehead atoms. The number of hydrogen-bond donors (Lipinski definition) is 2. The molecule has 0 aromatic heterocycles. The molecule has 1 aromatic carbocycles. The predicted octanol–water partition coefficient (Wildman–Crippen LogP) is 0.915. The molecule has 0 saturated carbocycles. The zero-order valence-electron chi connectivity index (χ0n) is 10.8. The van der Waals surface area contributed by atoms with Crippen LogP contribution in [-0.2, 0) is 9.63 Å². The monoisotopic (exact) mass is 266 g/mol. The van der Waals surface area contributed by atoms with E-state index in [4.69, 9.17) is 20.0 Å². The van der Waals surface area contributed by atoms with Crippen molar-refractivity contribution >= 4 is 5.91 Å². The Balaban J connectivity index is 2.00. The first-order valence-electron chi connectivity index (χ1n) is 6.22. The average molecular weight is 266 g/mol. The minimum absolute atomic E-state index is 0.0866. The molecule has 1 amide bonds. The van der Waals surface area contributed by atoms with Crippen molar-refractivity contribution in [3.05, 3.63) is 23.8 Å². The molecule has 2 rings (SSSR count). The Bertz CT molecular complexity index is 450. The second-order valence-corrected chi connectivity index (χ2v) is 4.35. The minimum Gasteiger partial charge on any atom is -0.490 e. The first kappa shape index (κ1) is 13.6. The number of carbonyl (C=O) groups excluding carboxylic acids is 1. The molecule has 6 heteroatoms. The lowest BCUT2D eigenvalue weighted by Crippen LogP contribution is -2.26. The van der Waals surface area contributed by atoms with Crippen LogP contribution in [0.3, 0.4) is 0 Å². The molecule has 104 valence electrons. The summed E-state index contributed by atoms with van der Waals surface area (Å²) in [5, 5.41) is 0. The SMILES string of the molecule is CC(NOCC(N)=O)c1ccc2c(c1)OCCCO2. The van der Waals surface area contributed by atoms with Crippen LogP contribution in [0.15, 0.2) is 18.2 Å². The fraction of sp³-hybridized carbons (Fsp3) is 0.462. The lowest BCUT2D eigenvalue weighted by molar-refractivity contribution is -0.126. The number of hydroxylamine groups is 1. The first-order chi connectivity index (χ1) is 9.16. The maximum Gasteiger partial charge on any atom is 0.245 e. The average Bonchev–Trinajstić information content (AvgIpc) is 2.62. The number of benzene rings is 1. The summed E-state index contributed by atoms with van der Waals surface area (Å²) in [5.74, 6) is 0.975. The minimum atomic E-state index is -0.515. The Hall–Kier alpha value is -1.79. The summed E-state index contributed by atoms with van der Waals surface area (Å²) in [6, 6.07) is 5.63. The van der Waals surface area contributed by atoms with E-state index in [0.717, 1.165) is 23.5 Å². The van der Waals surface area contributed by atoms with Gasteiger partial charge in [0.05, 0.1) is 19.3 Å². The van der Waals surface area contributed by atoms with Crippen molar-refractivity contribution in [2.75, 3.05) is 19.8 Å². The van der Waals surface area contributed by atoms with Gasteiger partial charge < -0.3 is 15.2 Å². The summed E-state index contributed by atoms with van der Waals surface area (Å²) in [5.41, 5.74) is 8.72. The summed E-state index contributed by atoms with van der Waals surface area (Å²) >= 11 is 0. The van der Waals surface area contributed by atoms with E-state index < -0.39 is 5.91 Å². The molecule has 0 radical (unpaired) electrons. The summed E-state index contributed by atoms with van der Waals surface area (Å²) in [6.07, 6.45) is 0.875. The van der Waals surface area contributed by atoms with Gasteiger partial charge in [-0.25, -0.2) is 0 Å². The van der Waals surface area contributed by atoms with Crippen LogP contribution in [-0.4, -0.2) is 25.7 Å². The Labute approximate surface area is 111 Å². The predicted molar refractivity (Wildman–Crippen MR) is 68.7 cm³/mol. The number of ether oxygens (including phenoxy) is 2. The van der Waals surface area contributed by atoms with Gasteiger partial charge in [-0.2, -0.15) is 5.48 Å². The molecule has 1 aliphatic rings. The third-order valence-electron chi connectivity index (χ3n) is 2.75. The van der Waals surface area contributed by atoms with E-state index in [1.807, 2.05) is 25.1 Å². The third kappa shape index (κ3) is 3.84. The van der Waals surface area contributed by atoms with Gasteiger partial charge in [-0.1, -0.05) is 6.07 Å². The standard InChI is InChI=1S/C13H18N2O4/c1-9(15-19-8-13(14)16)10-3-4-11-12(7-10)18-6-2-5-17-11/h3-4,7,9,15H,2,5-6,8H2,1H3,(H2,14,16). The topological polar surface area (TPSA) is 82.8 Å². The number of primary amides is 1. The Morgan fingerprint density at radius 2 is 2.16 bits per heavy atom. The number of rotatable bonds is 5. The van der Waals surface area contributed by atoms with Gasteiger partial charge in [0.25, 0.3) is 0 Å².